The van der Waals surface area contributed by atoms with Crippen LogP contribution in [0.15, 0.2) is 48.5 Å². The number of nitrogens with zero attached hydrogens (tertiary/aromatic N) is 1. The fourth-order valence-electron chi connectivity index (χ4n) is 5.05. The van der Waals surface area contributed by atoms with E-state index in [1.54, 1.807) is 0 Å². The molecule has 2 atom stereocenters. The molecule has 1 N–H and O–H groups in total. The number of sulfonamides is 1. The van der Waals surface area contributed by atoms with E-state index in [-0.39, 0.29) is 13.0 Å². The molecule has 2 aromatic rings. The molecule has 1 fully saturated rings. The molecule has 2 heterocycles. The van der Waals surface area contributed by atoms with E-state index in [0.717, 1.165) is 35.8 Å². The molecule has 2 bridgehead atoms. The van der Waals surface area contributed by atoms with Gasteiger partial charge in [-0.2, -0.15) is 8.78 Å². The summed E-state index contributed by atoms with van der Waals surface area (Å²) >= 11 is 0. The first-order chi connectivity index (χ1) is 15.6. The number of hydrogen-bond acceptors (Lipinski definition) is 3. The van der Waals surface area contributed by atoms with Gasteiger partial charge in [0.05, 0.1) is 12.3 Å². The van der Waals surface area contributed by atoms with Crippen LogP contribution >= 0.6 is 0 Å². The zero-order chi connectivity index (χ0) is 23.6. The highest BCUT2D eigenvalue weighted by Crippen LogP contribution is 2.33. The van der Waals surface area contributed by atoms with Crippen molar-refractivity contribution in [2.45, 2.75) is 63.0 Å². The second kappa shape index (κ2) is 9.50. The number of aryl methyl sites for hydroxylation is 1. The van der Waals surface area contributed by atoms with Crippen molar-refractivity contribution in [3.05, 3.63) is 59.7 Å². The van der Waals surface area contributed by atoms with Crippen LogP contribution in [0.25, 0.3) is 11.1 Å². The molecule has 0 unspecified atom stereocenters. The van der Waals surface area contributed by atoms with Gasteiger partial charge >= 0.3 is 5.92 Å². The third-order valence-electron chi connectivity index (χ3n) is 6.62. The molecular formula is C25H30F2N2O3S. The van der Waals surface area contributed by atoms with Gasteiger partial charge in [-0.3, -0.25) is 4.79 Å². The average molecular weight is 477 g/mol. The fraction of sp³-hybridized carbons (Fsp3) is 0.480. The van der Waals surface area contributed by atoms with E-state index in [1.807, 2.05) is 36.4 Å². The lowest BCUT2D eigenvalue weighted by molar-refractivity contribution is -0.159. The van der Waals surface area contributed by atoms with E-state index in [4.69, 9.17) is 0 Å². The standard InChI is InChI=1S/C25H30F2N2O3S/c1-33(31,32)28-22-13-15-29-23(22)17-18-8-7-11-20(16-18)21-12-5-4-10-19(21)9-3-2-6-14-25(26,27)24(29)30/h4-5,7-8,10-12,16,22-23,28H,2-3,6,9,13-15,17H2,1H3/t22-,23-/m0/s1. The first-order valence-corrected chi connectivity index (χ1v) is 13.4. The van der Waals surface area contributed by atoms with Gasteiger partial charge in [0.1, 0.15) is 0 Å². The third kappa shape index (κ3) is 5.61. The minimum atomic E-state index is -3.56. The van der Waals surface area contributed by atoms with Crippen LogP contribution in [0.5, 0.6) is 0 Å². The minimum Gasteiger partial charge on any atom is -0.332 e. The van der Waals surface area contributed by atoms with Crippen LogP contribution in [0, 0.1) is 0 Å². The molecule has 0 aliphatic carbocycles. The maximum absolute atomic E-state index is 14.9. The summed E-state index contributed by atoms with van der Waals surface area (Å²) in [5, 5.41) is 0. The molecule has 1 amide bonds. The monoisotopic (exact) mass is 476 g/mol. The summed E-state index contributed by atoms with van der Waals surface area (Å²) in [4.78, 5) is 14.1. The highest BCUT2D eigenvalue weighted by atomic mass is 32.2. The number of nitrogens with one attached hydrogen (secondary N) is 1. The van der Waals surface area contributed by atoms with E-state index < -0.39 is 40.4 Å². The predicted octanol–water partition coefficient (Wildman–Crippen LogP) is 4.17. The minimum absolute atomic E-state index is 0.106. The Balaban J connectivity index is 1.74. The summed E-state index contributed by atoms with van der Waals surface area (Å²) in [5.74, 6) is -4.65. The molecule has 0 saturated carbocycles. The van der Waals surface area contributed by atoms with Gasteiger partial charge in [0, 0.05) is 19.0 Å². The lowest BCUT2D eigenvalue weighted by Gasteiger charge is -2.31. The van der Waals surface area contributed by atoms with Crippen molar-refractivity contribution in [3.8, 4) is 11.1 Å². The van der Waals surface area contributed by atoms with E-state index in [9.17, 15) is 22.0 Å². The molecular weight excluding hydrogens is 446 g/mol. The van der Waals surface area contributed by atoms with Crippen LogP contribution in [0.4, 0.5) is 8.78 Å². The molecule has 5 nitrogen and oxygen atoms in total. The van der Waals surface area contributed by atoms with Crippen molar-refractivity contribution in [2.75, 3.05) is 12.8 Å². The summed E-state index contributed by atoms with van der Waals surface area (Å²) in [7, 11) is -3.56. The predicted molar refractivity (Wildman–Crippen MR) is 125 cm³/mol. The maximum atomic E-state index is 14.9. The van der Waals surface area contributed by atoms with Gasteiger partial charge < -0.3 is 4.90 Å². The highest BCUT2D eigenvalue weighted by Gasteiger charge is 2.47. The SMILES string of the molecule is CS(=O)(=O)N[C@H]1CCN2C(=O)C(F)(F)CCCCCc3ccccc3-c3cccc(c3)C[C@@H]12. The Labute approximate surface area is 194 Å². The van der Waals surface area contributed by atoms with Gasteiger partial charge in [0.2, 0.25) is 10.0 Å². The summed E-state index contributed by atoms with van der Waals surface area (Å²) in [6.45, 7) is 0.106. The molecule has 33 heavy (non-hydrogen) atoms. The van der Waals surface area contributed by atoms with Crippen LogP contribution in [0.3, 0.4) is 0 Å². The lowest BCUT2D eigenvalue weighted by Crippen LogP contribution is -2.51. The van der Waals surface area contributed by atoms with Gasteiger partial charge in [-0.25, -0.2) is 13.1 Å². The number of benzene rings is 2. The lowest BCUT2D eigenvalue weighted by atomic mass is 9.93. The Hall–Kier alpha value is -2.32. The quantitative estimate of drug-likeness (QED) is 0.708. The number of carbonyl (C=O) groups is 1. The molecule has 1 saturated heterocycles. The number of rotatable bonds is 2. The van der Waals surface area contributed by atoms with Crippen LogP contribution < -0.4 is 4.72 Å². The smallest absolute Gasteiger partial charge is 0.324 e. The topological polar surface area (TPSA) is 66.5 Å². The largest absolute Gasteiger partial charge is 0.332 e. The van der Waals surface area contributed by atoms with Crippen molar-refractivity contribution < 1.29 is 22.0 Å². The molecule has 0 spiro atoms. The normalized spacial score (nSPS) is 23.8. The number of hydrogen-bond donors (Lipinski definition) is 1. The van der Waals surface area contributed by atoms with Gasteiger partial charge in [-0.15, -0.1) is 0 Å². The van der Waals surface area contributed by atoms with Gasteiger partial charge in [-0.1, -0.05) is 55.0 Å². The maximum Gasteiger partial charge on any atom is 0.324 e. The van der Waals surface area contributed by atoms with Gasteiger partial charge in [-0.05, 0) is 54.4 Å². The Bertz CT molecular complexity index is 1120. The van der Waals surface area contributed by atoms with Crippen LogP contribution in [0.1, 0.15) is 43.2 Å². The zero-order valence-electron chi connectivity index (χ0n) is 18.8. The molecule has 0 radical (unpaired) electrons. The van der Waals surface area contributed by atoms with Crippen LogP contribution in [-0.4, -0.2) is 50.0 Å². The van der Waals surface area contributed by atoms with Crippen molar-refractivity contribution in [2.24, 2.45) is 0 Å². The summed E-state index contributed by atoms with van der Waals surface area (Å²) in [6, 6.07) is 14.7. The summed E-state index contributed by atoms with van der Waals surface area (Å²) in [6.07, 6.45) is 3.59. The Morgan fingerprint density at radius 2 is 1.85 bits per heavy atom. The first kappa shape index (κ1) is 23.8. The molecule has 4 rings (SSSR count). The van der Waals surface area contributed by atoms with E-state index in [1.165, 1.54) is 10.5 Å². The number of amides is 1. The van der Waals surface area contributed by atoms with Gasteiger partial charge in [0.25, 0.3) is 5.91 Å². The molecule has 0 aromatic heterocycles. The number of carbonyl (C=O) groups excluding carboxylic acids is 1. The summed E-state index contributed by atoms with van der Waals surface area (Å²) in [5.41, 5.74) is 4.20. The molecule has 8 heteroatoms. The number of fused-ring (bicyclic) bond motifs is 5. The Morgan fingerprint density at radius 1 is 1.06 bits per heavy atom. The highest BCUT2D eigenvalue weighted by molar-refractivity contribution is 7.88. The second-order valence-electron chi connectivity index (χ2n) is 9.18. The number of alkyl halides is 2. The zero-order valence-corrected chi connectivity index (χ0v) is 19.6. The van der Waals surface area contributed by atoms with Crippen molar-refractivity contribution in [1.82, 2.24) is 9.62 Å². The molecule has 2 aliphatic heterocycles. The van der Waals surface area contributed by atoms with E-state index in [2.05, 4.69) is 16.9 Å². The molecule has 2 aromatic carbocycles. The van der Waals surface area contributed by atoms with Crippen LogP contribution in [-0.2, 0) is 27.7 Å². The average Bonchev–Trinajstić information content (AvgIpc) is 3.13. The van der Waals surface area contributed by atoms with Crippen molar-refractivity contribution in [1.29, 1.82) is 0 Å². The Kier molecular flexibility index (Phi) is 6.86. The van der Waals surface area contributed by atoms with E-state index in [0.29, 0.717) is 19.3 Å². The first-order valence-electron chi connectivity index (χ1n) is 11.5. The molecule has 178 valence electrons. The van der Waals surface area contributed by atoms with Crippen molar-refractivity contribution >= 4 is 15.9 Å². The molecule has 2 aliphatic rings. The fourth-order valence-corrected chi connectivity index (χ4v) is 5.88. The Morgan fingerprint density at radius 3 is 2.64 bits per heavy atom. The number of halogens is 2. The second-order valence-corrected chi connectivity index (χ2v) is 11.0. The van der Waals surface area contributed by atoms with Gasteiger partial charge in [0.15, 0.2) is 0 Å². The van der Waals surface area contributed by atoms with Crippen molar-refractivity contribution in [3.63, 3.8) is 0 Å². The summed E-state index contributed by atoms with van der Waals surface area (Å²) < 4.78 is 56.2. The third-order valence-corrected chi connectivity index (χ3v) is 7.35. The van der Waals surface area contributed by atoms with Crippen LogP contribution in [0.2, 0.25) is 0 Å². The van der Waals surface area contributed by atoms with E-state index >= 15 is 0 Å².